The third-order valence-electron chi connectivity index (χ3n) is 14.6. The molecule has 13 aromatic rings. The molecule has 0 N–H and O–H groups in total. The molecule has 0 aliphatic carbocycles. The highest BCUT2D eigenvalue weighted by Gasteiger charge is 2.30. The zero-order valence-electron chi connectivity index (χ0n) is 39.3. The Kier molecular flexibility index (Phi) is 7.80. The molecule has 66 heavy (non-hydrogen) atoms. The van der Waals surface area contributed by atoms with Gasteiger partial charge in [-0.15, -0.1) is 0 Å². The van der Waals surface area contributed by atoms with Crippen LogP contribution >= 0.6 is 0 Å². The fourth-order valence-electron chi connectivity index (χ4n) is 11.1. The van der Waals surface area contributed by atoms with Crippen LogP contribution in [0.15, 0.2) is 162 Å². The van der Waals surface area contributed by atoms with Gasteiger partial charge in [0.2, 0.25) is 5.71 Å². The largest absolute Gasteiger partial charge is 0.439 e. The second-order valence-electron chi connectivity index (χ2n) is 21.9. The maximum absolute atomic E-state index is 6.85. The van der Waals surface area contributed by atoms with Crippen LogP contribution in [0.1, 0.15) is 79.0 Å². The molecule has 0 fully saturated rings. The van der Waals surface area contributed by atoms with Gasteiger partial charge in [-0.25, -0.2) is 0 Å². The SMILES string of the molecule is CC(C)(C)c1cc(-c2ccc(N(c3ccccc3)c3ccccc3)cc2)c2c(c1)c1cc(C(C)(C)C)cc3c4cc5c(cc4n2c31)c1cc(C(C)(C)C)cc2c3c4ccccc4oc3n5c12. The minimum Gasteiger partial charge on any atom is -0.439 e. The minimum atomic E-state index is -0.0685. The first-order valence-electron chi connectivity index (χ1n) is 23.5. The maximum Gasteiger partial charge on any atom is 0.213 e. The molecule has 0 atom stereocenters. The normalized spacial score (nSPS) is 13.2. The summed E-state index contributed by atoms with van der Waals surface area (Å²) in [6.07, 6.45) is 0. The van der Waals surface area contributed by atoms with Crippen molar-refractivity contribution in [1.82, 2.24) is 8.80 Å². The van der Waals surface area contributed by atoms with Gasteiger partial charge in [0.25, 0.3) is 0 Å². The van der Waals surface area contributed by atoms with Gasteiger partial charge in [-0.1, -0.05) is 129 Å². The first-order chi connectivity index (χ1) is 31.6. The Hall–Kier alpha value is -7.30. The van der Waals surface area contributed by atoms with Gasteiger partial charge in [-0.3, -0.25) is 4.40 Å². The summed E-state index contributed by atoms with van der Waals surface area (Å²) in [5, 5.41) is 11.3. The van der Waals surface area contributed by atoms with Crippen molar-refractivity contribution in [2.24, 2.45) is 0 Å². The lowest BCUT2D eigenvalue weighted by atomic mass is 9.83. The highest BCUT2D eigenvalue weighted by molar-refractivity contribution is 6.31. The van der Waals surface area contributed by atoms with Crippen molar-refractivity contribution in [2.45, 2.75) is 78.6 Å². The third kappa shape index (κ3) is 5.45. The first kappa shape index (κ1) is 39.1. The second kappa shape index (κ2) is 13.2. The molecule has 0 spiro atoms. The smallest absolute Gasteiger partial charge is 0.213 e. The lowest BCUT2D eigenvalue weighted by molar-refractivity contribution is 0.591. The molecule has 0 aliphatic heterocycles. The van der Waals surface area contributed by atoms with Gasteiger partial charge >= 0.3 is 0 Å². The number of hydrogen-bond acceptors (Lipinski definition) is 2. The Bertz CT molecular complexity index is 4030. The van der Waals surface area contributed by atoms with Crippen LogP contribution < -0.4 is 4.90 Å². The molecule has 4 heteroatoms. The second-order valence-corrected chi connectivity index (χ2v) is 21.9. The van der Waals surface area contributed by atoms with E-state index in [0.717, 1.165) is 28.4 Å². The number of fused-ring (bicyclic) bond motifs is 14. The predicted molar refractivity (Wildman–Crippen MR) is 282 cm³/mol. The Balaban J connectivity index is 1.15. The van der Waals surface area contributed by atoms with Crippen LogP contribution in [-0.2, 0) is 16.2 Å². The lowest BCUT2D eigenvalue weighted by Gasteiger charge is -2.26. The van der Waals surface area contributed by atoms with E-state index in [1.165, 1.54) is 104 Å². The van der Waals surface area contributed by atoms with E-state index in [1.54, 1.807) is 0 Å². The van der Waals surface area contributed by atoms with Crippen molar-refractivity contribution in [3.05, 3.63) is 174 Å². The molecular weight excluding hydrogens is 803 g/mol. The van der Waals surface area contributed by atoms with Crippen molar-refractivity contribution < 1.29 is 4.42 Å². The zero-order valence-corrected chi connectivity index (χ0v) is 39.3. The summed E-state index contributed by atoms with van der Waals surface area (Å²) in [6.45, 7) is 21.0. The summed E-state index contributed by atoms with van der Waals surface area (Å²) in [5.41, 5.74) is 17.7. The van der Waals surface area contributed by atoms with E-state index in [0.29, 0.717) is 0 Å². The van der Waals surface area contributed by atoms with Crippen LogP contribution in [0.5, 0.6) is 0 Å². The summed E-state index contributed by atoms with van der Waals surface area (Å²) in [7, 11) is 0. The number of furan rings is 1. The average Bonchev–Trinajstić information content (AvgIpc) is 4.09. The van der Waals surface area contributed by atoms with Gasteiger partial charge in [0.1, 0.15) is 5.58 Å². The molecule has 0 unspecified atom stereocenters. The summed E-state index contributed by atoms with van der Waals surface area (Å²) >= 11 is 0. The van der Waals surface area contributed by atoms with E-state index in [2.05, 4.69) is 234 Å². The number of benzene rings is 8. The first-order valence-corrected chi connectivity index (χ1v) is 23.5. The Labute approximate surface area is 385 Å². The van der Waals surface area contributed by atoms with Crippen LogP contribution in [0.4, 0.5) is 17.1 Å². The molecule has 0 saturated heterocycles. The van der Waals surface area contributed by atoms with Crippen molar-refractivity contribution in [1.29, 1.82) is 0 Å². The molecule has 0 amide bonds. The van der Waals surface area contributed by atoms with E-state index >= 15 is 0 Å². The Morgan fingerprint density at radius 2 is 0.818 bits per heavy atom. The van der Waals surface area contributed by atoms with E-state index in [9.17, 15) is 0 Å². The van der Waals surface area contributed by atoms with Crippen LogP contribution in [-0.4, -0.2) is 8.80 Å². The molecule has 0 radical (unpaired) electrons. The summed E-state index contributed by atoms with van der Waals surface area (Å²) < 4.78 is 11.9. The van der Waals surface area contributed by atoms with Gasteiger partial charge < -0.3 is 13.7 Å². The molecule has 5 aromatic heterocycles. The van der Waals surface area contributed by atoms with Crippen molar-refractivity contribution in [2.75, 3.05) is 4.90 Å². The monoisotopic (exact) mass is 855 g/mol. The van der Waals surface area contributed by atoms with Gasteiger partial charge in [-0.2, -0.15) is 0 Å². The zero-order chi connectivity index (χ0) is 45.2. The number of aromatic nitrogens is 2. The number of hydrogen-bond donors (Lipinski definition) is 0. The van der Waals surface area contributed by atoms with E-state index in [1.807, 2.05) is 0 Å². The molecule has 4 nitrogen and oxygen atoms in total. The maximum atomic E-state index is 6.85. The minimum absolute atomic E-state index is 0.0467. The molecule has 5 heterocycles. The summed E-state index contributed by atoms with van der Waals surface area (Å²) in [5.74, 6) is 0. The highest BCUT2D eigenvalue weighted by atomic mass is 16.3. The number of anilines is 3. The van der Waals surface area contributed by atoms with Crippen molar-refractivity contribution >= 4 is 104 Å². The van der Waals surface area contributed by atoms with Crippen molar-refractivity contribution in [3.8, 4) is 11.1 Å². The molecule has 0 saturated carbocycles. The fraction of sp³-hybridized carbons (Fsp3) is 0.194. The van der Waals surface area contributed by atoms with Crippen molar-refractivity contribution in [3.63, 3.8) is 0 Å². The quantitative estimate of drug-likeness (QED) is 0.176. The van der Waals surface area contributed by atoms with Crippen LogP contribution in [0, 0.1) is 0 Å². The standard InChI is InChI=1S/C62H53N3O/c1-60(2,3)37-28-44(36-24-26-42(27-25-36)63(40-18-12-10-13-19-40)41-20-14-11-15-21-41)56-49(31-37)50-32-38(61(4,5)6)29-47-45-35-53-46(34-52(45)64(56)57(47)50)48-30-39(62(7,8)9)33-51-55-43-22-16-17-23-54(43)66-59(55)65(53)58(48)51/h10-35H,1-9H3. The van der Waals surface area contributed by atoms with Gasteiger partial charge in [-0.05, 0) is 129 Å². The highest BCUT2D eigenvalue weighted by Crippen LogP contribution is 2.50. The molecule has 0 bridgehead atoms. The van der Waals surface area contributed by atoms with Gasteiger partial charge in [0, 0.05) is 65.7 Å². The molecular formula is C62H53N3O. The average molecular weight is 856 g/mol. The predicted octanol–water partition coefficient (Wildman–Crippen LogP) is 17.8. The fourth-order valence-corrected chi connectivity index (χ4v) is 11.1. The van der Waals surface area contributed by atoms with Gasteiger partial charge in [0.15, 0.2) is 0 Å². The van der Waals surface area contributed by atoms with E-state index in [-0.39, 0.29) is 16.2 Å². The summed E-state index contributed by atoms with van der Waals surface area (Å²) in [4.78, 5) is 2.34. The molecule has 13 rings (SSSR count). The molecule has 0 aliphatic rings. The number of nitrogens with zero attached hydrogens (tertiary/aromatic N) is 3. The van der Waals surface area contributed by atoms with Crippen LogP contribution in [0.3, 0.4) is 0 Å². The molecule has 322 valence electrons. The Morgan fingerprint density at radius 1 is 0.379 bits per heavy atom. The number of rotatable bonds is 4. The summed E-state index contributed by atoms with van der Waals surface area (Å²) in [6, 6.07) is 58.9. The van der Waals surface area contributed by atoms with Crippen LogP contribution in [0.2, 0.25) is 0 Å². The van der Waals surface area contributed by atoms with Crippen LogP contribution in [0.25, 0.3) is 98.5 Å². The number of para-hydroxylation sites is 3. The molecule has 8 aromatic carbocycles. The lowest BCUT2D eigenvalue weighted by Crippen LogP contribution is -2.11. The van der Waals surface area contributed by atoms with Gasteiger partial charge in [0.05, 0.1) is 33.0 Å². The third-order valence-corrected chi connectivity index (χ3v) is 14.6. The van der Waals surface area contributed by atoms with E-state index in [4.69, 9.17) is 4.42 Å². The van der Waals surface area contributed by atoms with E-state index < -0.39 is 0 Å². The Morgan fingerprint density at radius 3 is 1.38 bits per heavy atom. The topological polar surface area (TPSA) is 25.2 Å².